The molecule has 2 aliphatic carbocycles. The number of hydrogen-bond acceptors (Lipinski definition) is 10. The zero-order chi connectivity index (χ0) is 86.6. The van der Waals surface area contributed by atoms with Crippen molar-refractivity contribution in [2.45, 2.75) is 140 Å². The Morgan fingerprint density at radius 3 is 1.40 bits per heavy atom. The molecule has 508 valence electrons. The van der Waals surface area contributed by atoms with Gasteiger partial charge in [-0.15, -0.1) is 0 Å². The molecule has 0 unspecified atom stereocenters. The van der Waals surface area contributed by atoms with Gasteiger partial charge in [0.1, 0.15) is 24.6 Å². The maximum Gasteiger partial charge on any atom is 0.416 e. The van der Waals surface area contributed by atoms with Crippen LogP contribution in [0.1, 0.15) is 135 Å². The van der Waals surface area contributed by atoms with Gasteiger partial charge in [0.05, 0.1) is 30.3 Å². The molecule has 0 bridgehead atoms. The minimum atomic E-state index is -4.76. The van der Waals surface area contributed by atoms with Crippen molar-refractivity contribution < 1.29 is 72.1 Å². The van der Waals surface area contributed by atoms with Crippen LogP contribution in [0.25, 0.3) is 22.3 Å². The van der Waals surface area contributed by atoms with Crippen LogP contribution in [-0.2, 0) is 85.2 Å². The molecule has 0 spiro atoms. The molecule has 0 N–H and O–H groups in total. The molecule has 96 heavy (non-hydrogen) atoms. The quantitative estimate of drug-likeness (QED) is 0.0295. The van der Waals surface area contributed by atoms with Crippen LogP contribution in [0.3, 0.4) is 0 Å². The second kappa shape index (κ2) is 32.9. The highest BCUT2D eigenvalue weighted by molar-refractivity contribution is 7.98. The van der Waals surface area contributed by atoms with E-state index < -0.39 is 150 Å². The number of likely N-dealkylation sites (N-methyl/N-ethyl adjacent to an activating group) is 2. The van der Waals surface area contributed by atoms with E-state index in [2.05, 4.69) is 9.97 Å². The van der Waals surface area contributed by atoms with E-state index in [1.54, 1.807) is 12.1 Å². The molecular formula is C74H80F8N8O4S2. The van der Waals surface area contributed by atoms with Crippen LogP contribution in [0.2, 0.25) is 0 Å². The van der Waals surface area contributed by atoms with Crippen molar-refractivity contribution in [2.24, 2.45) is 0 Å². The lowest BCUT2D eigenvalue weighted by molar-refractivity contribution is -0.138. The van der Waals surface area contributed by atoms with E-state index in [1.165, 1.54) is 52.8 Å². The van der Waals surface area contributed by atoms with Crippen LogP contribution in [-0.4, -0.2) is 103 Å². The molecule has 22 heteroatoms. The summed E-state index contributed by atoms with van der Waals surface area (Å²) in [5.74, 6) is -4.19. The summed E-state index contributed by atoms with van der Waals surface area (Å²) >= 11 is 1.73. The maximum atomic E-state index is 15.2. The van der Waals surface area contributed by atoms with Gasteiger partial charge in [-0.1, -0.05) is 136 Å². The van der Waals surface area contributed by atoms with Gasteiger partial charge in [-0.05, 0) is 183 Å². The van der Waals surface area contributed by atoms with E-state index >= 15 is 4.79 Å². The van der Waals surface area contributed by atoms with E-state index in [1.807, 2.05) is 18.7 Å². The van der Waals surface area contributed by atoms with Crippen molar-refractivity contribution in [1.29, 1.82) is 0 Å². The molecular weight excluding hydrogens is 1280 g/mol. The lowest BCUT2D eigenvalue weighted by Gasteiger charge is -2.28. The maximum absolute atomic E-state index is 15.2. The first-order valence-corrected chi connectivity index (χ1v) is 32.3. The summed E-state index contributed by atoms with van der Waals surface area (Å²) in [5.41, 5.74) is -3.23. The molecule has 0 aliphatic heterocycles. The Labute approximate surface area is 591 Å². The van der Waals surface area contributed by atoms with Crippen LogP contribution in [0.5, 0.6) is 0 Å². The Bertz CT molecular complexity index is 5080. The summed E-state index contributed by atoms with van der Waals surface area (Å²) in [6, 6.07) is 13.8. The van der Waals surface area contributed by atoms with E-state index in [0.29, 0.717) is 104 Å². The molecule has 2 amide bonds. The molecule has 0 saturated carbocycles. The Morgan fingerprint density at radius 2 is 0.969 bits per heavy atom. The summed E-state index contributed by atoms with van der Waals surface area (Å²) in [6.45, 7) is -16.5. The molecule has 6 aromatic carbocycles. The number of amides is 2. The Hall–Kier alpha value is -7.92. The number of halogens is 8. The first kappa shape index (κ1) is 49.6. The first-order chi connectivity index (χ1) is 53.6. The average Bonchev–Trinajstić information content (AvgIpc) is 0.940. The summed E-state index contributed by atoms with van der Waals surface area (Å²) in [4.78, 5) is 66.6. The van der Waals surface area contributed by atoms with Crippen LogP contribution >= 0.6 is 23.5 Å². The average molecular weight is 1380 g/mol. The number of nitrogens with zero attached hydrogens (tertiary/aromatic N) is 8. The summed E-state index contributed by atoms with van der Waals surface area (Å²) in [5, 5.41) is -0.522. The number of carbonyl (C=O) groups is 2. The highest BCUT2D eigenvalue weighted by atomic mass is 32.2. The minimum Gasteiger partial charge on any atom is -0.336 e. The van der Waals surface area contributed by atoms with Crippen molar-refractivity contribution in [3.63, 3.8) is 0 Å². The van der Waals surface area contributed by atoms with Gasteiger partial charge in [0, 0.05) is 81.4 Å². The van der Waals surface area contributed by atoms with E-state index in [4.69, 9.17) is 16.4 Å². The molecule has 0 saturated heterocycles. The summed E-state index contributed by atoms with van der Waals surface area (Å²) in [6.07, 6.45) is -7.83. The molecule has 10 rings (SSSR count). The fraction of sp³-hybridized carbons (Fsp3) is 0.378. The van der Waals surface area contributed by atoms with Crippen LogP contribution < -0.4 is 11.1 Å². The number of carbonyl (C=O) groups excluding carboxylic acids is 2. The van der Waals surface area contributed by atoms with Crippen molar-refractivity contribution in [3.8, 4) is 22.3 Å². The number of fused-ring (bicyclic) bond motifs is 2. The lowest BCUT2D eigenvalue weighted by Crippen LogP contribution is -2.40. The van der Waals surface area contributed by atoms with Gasteiger partial charge in [0.2, 0.25) is 11.8 Å². The van der Waals surface area contributed by atoms with E-state index in [9.17, 15) is 60.5 Å². The number of thioether (sulfide) groups is 2. The zero-order valence-corrected chi connectivity index (χ0v) is 54.6. The summed E-state index contributed by atoms with van der Waals surface area (Å²) < 4.78 is 289. The lowest BCUT2D eigenvalue weighted by atomic mass is 9.97. The molecule has 2 aromatic heterocycles. The normalized spacial score (nSPS) is 16.9. The second-order valence-electron chi connectivity index (χ2n) is 21.9. The number of benzene rings is 6. The third kappa shape index (κ3) is 18.8. The first-order valence-electron chi connectivity index (χ1n) is 40.4. The largest absolute Gasteiger partial charge is 0.416 e. The van der Waals surface area contributed by atoms with Gasteiger partial charge in [-0.3, -0.25) is 19.2 Å². The minimum absolute atomic E-state index is 0.000185. The van der Waals surface area contributed by atoms with Crippen molar-refractivity contribution in [2.75, 3.05) is 52.2 Å². The van der Waals surface area contributed by atoms with Crippen molar-refractivity contribution in [3.05, 3.63) is 233 Å². The van der Waals surface area contributed by atoms with E-state index in [-0.39, 0.29) is 110 Å². The monoisotopic (exact) mass is 1380 g/mol. The number of alkyl halides is 6. The van der Waals surface area contributed by atoms with Gasteiger partial charge in [0.25, 0.3) is 11.1 Å². The Morgan fingerprint density at radius 1 is 0.542 bits per heavy atom. The highest BCUT2D eigenvalue weighted by Crippen LogP contribution is 2.35. The van der Waals surface area contributed by atoms with Crippen LogP contribution in [0, 0.1) is 25.5 Å². The predicted molar refractivity (Wildman–Crippen MR) is 363 cm³/mol. The number of hydrogen-bond donors (Lipinski definition) is 0. The van der Waals surface area contributed by atoms with Gasteiger partial charge in [-0.25, -0.2) is 8.78 Å². The smallest absolute Gasteiger partial charge is 0.336 e. The van der Waals surface area contributed by atoms with Crippen LogP contribution in [0.4, 0.5) is 35.1 Å². The SMILES string of the molecule is [2H]c1c([2H])c(-c2ccc(C(F)(F)F)cc2)c(C)c([2H])c1CN(CCN(CC)CC)C(=O)C([2H])([2H])n1c(SCc2ccc(F)cc2)nc(=O)c2c1CCC2.[2H]c1c([2H])c(C([2H])([2H])N(C(=O)C([2H])([2H])n2c(SCc3ccc(F)cc3)nc(=O)c3c2CCC3)C([2H])([2H])C([2H])([2H])N(C([2H])([2H])C)C([2H])([2H])C)c([2H])c(C)c1-c1ccc(C(F)(F)F)cc1. The van der Waals surface area contributed by atoms with Crippen molar-refractivity contribution in [1.82, 2.24) is 38.7 Å². The van der Waals surface area contributed by atoms with E-state index in [0.717, 1.165) is 55.1 Å². The molecule has 2 aliphatic rings. The van der Waals surface area contributed by atoms with Crippen LogP contribution in [0.15, 0.2) is 153 Å². The van der Waals surface area contributed by atoms with Gasteiger partial charge >= 0.3 is 12.4 Å². The molecule has 0 radical (unpaired) electrons. The number of rotatable bonds is 26. The standard InChI is InChI=1S/2C37H40F4N4O2S/c2*1-4-43(5-2)19-20-44(22-27-11-18-31(25(3)21-27)28-12-14-29(15-13-28)37(39,40)41)34(46)23-45-33-8-6-7-32(33)35(47)42-36(45)48-24-26-9-16-30(38)17-10-26/h2*9-18,21H,4-8,19-20,22-24H2,1-3H3/i4D2,5D2,11D,18D,19D2,20D2,21D,22D2,23D2;11D,18D,21D,23D2. The fourth-order valence-corrected chi connectivity index (χ4v) is 12.3. The molecule has 12 nitrogen and oxygen atoms in total. The Kier molecular flexibility index (Phi) is 17.0. The predicted octanol–water partition coefficient (Wildman–Crippen LogP) is 15.1. The molecule has 0 fully saturated rings. The summed E-state index contributed by atoms with van der Waals surface area (Å²) in [7, 11) is 0. The second-order valence-corrected chi connectivity index (χ2v) is 23.8. The van der Waals surface area contributed by atoms with Gasteiger partial charge < -0.3 is 28.7 Å². The van der Waals surface area contributed by atoms with Crippen molar-refractivity contribution >= 4 is 35.3 Å². The third-order valence-corrected chi connectivity index (χ3v) is 17.6. The number of aromatic nitrogens is 4. The molecule has 2 heterocycles. The topological polar surface area (TPSA) is 117 Å². The molecule has 8 aromatic rings. The third-order valence-electron chi connectivity index (χ3n) is 15.6. The molecule has 0 atom stereocenters. The highest BCUT2D eigenvalue weighted by Gasteiger charge is 2.32. The fourth-order valence-electron chi connectivity index (χ4n) is 10.5. The zero-order valence-electron chi connectivity index (χ0n) is 73.0. The van der Waals surface area contributed by atoms with Gasteiger partial charge in [-0.2, -0.15) is 36.3 Å². The Balaban J connectivity index is 0.000000269. The van der Waals surface area contributed by atoms with Gasteiger partial charge in [0.15, 0.2) is 10.3 Å².